The number of pyridine rings is 1. The number of piperazine rings is 1. The molecule has 5 nitrogen and oxygen atoms in total. The molecule has 128 valence electrons. The molecule has 0 amide bonds. The van der Waals surface area contributed by atoms with Gasteiger partial charge in [0.2, 0.25) is 0 Å². The number of aryl methyl sites for hydroxylation is 1. The van der Waals surface area contributed by atoms with E-state index in [1.54, 1.807) is 12.3 Å². The van der Waals surface area contributed by atoms with Crippen LogP contribution in [0.5, 0.6) is 0 Å². The Balaban J connectivity index is 1.57. The van der Waals surface area contributed by atoms with Crippen molar-refractivity contribution in [2.24, 2.45) is 0 Å². The summed E-state index contributed by atoms with van der Waals surface area (Å²) in [6, 6.07) is 11.6. The highest BCUT2D eigenvalue weighted by atomic mass is 35.5. The van der Waals surface area contributed by atoms with Gasteiger partial charge in [-0.2, -0.15) is 5.26 Å². The van der Waals surface area contributed by atoms with Crippen molar-refractivity contribution in [1.29, 1.82) is 5.26 Å². The second-order valence-corrected chi connectivity index (χ2v) is 6.70. The summed E-state index contributed by atoms with van der Waals surface area (Å²) in [6.07, 6.45) is 1.60. The number of thiocarbonyl (C=S) groups is 1. The van der Waals surface area contributed by atoms with Gasteiger partial charge in [-0.05, 0) is 49.0 Å². The van der Waals surface area contributed by atoms with Gasteiger partial charge in [0.1, 0.15) is 11.9 Å². The van der Waals surface area contributed by atoms with Crippen molar-refractivity contribution in [1.82, 2.24) is 9.88 Å². The quantitative estimate of drug-likeness (QED) is 0.816. The molecule has 0 saturated carbocycles. The van der Waals surface area contributed by atoms with E-state index >= 15 is 0 Å². The number of rotatable bonds is 2. The Morgan fingerprint density at radius 1 is 1.24 bits per heavy atom. The number of aromatic nitrogens is 1. The minimum Gasteiger partial charge on any atom is -0.353 e. The third-order valence-corrected chi connectivity index (χ3v) is 4.81. The van der Waals surface area contributed by atoms with Gasteiger partial charge in [0.25, 0.3) is 0 Å². The van der Waals surface area contributed by atoms with E-state index in [1.807, 2.05) is 31.2 Å². The van der Waals surface area contributed by atoms with Crippen LogP contribution in [-0.4, -0.2) is 41.2 Å². The van der Waals surface area contributed by atoms with Crippen LogP contribution in [0.25, 0.3) is 0 Å². The van der Waals surface area contributed by atoms with Gasteiger partial charge in [-0.1, -0.05) is 17.7 Å². The predicted octanol–water partition coefficient (Wildman–Crippen LogP) is 3.43. The SMILES string of the molecule is Cc1ccc(NC(=S)N2CCN(c3ccc(C#N)cn3)CC2)c(Cl)c1. The van der Waals surface area contributed by atoms with Gasteiger partial charge < -0.3 is 15.1 Å². The van der Waals surface area contributed by atoms with E-state index in [4.69, 9.17) is 29.1 Å². The Kier molecular flexibility index (Phi) is 5.37. The molecule has 0 bridgehead atoms. The molecule has 1 N–H and O–H groups in total. The Morgan fingerprint density at radius 3 is 2.60 bits per heavy atom. The molecule has 2 heterocycles. The molecule has 7 heteroatoms. The van der Waals surface area contributed by atoms with Crippen LogP contribution in [-0.2, 0) is 0 Å². The van der Waals surface area contributed by atoms with Crippen molar-refractivity contribution in [3.8, 4) is 6.07 Å². The van der Waals surface area contributed by atoms with Gasteiger partial charge in [-0.15, -0.1) is 0 Å². The fourth-order valence-electron chi connectivity index (χ4n) is 2.69. The molecule has 0 aliphatic carbocycles. The van der Waals surface area contributed by atoms with E-state index in [0.29, 0.717) is 15.7 Å². The van der Waals surface area contributed by atoms with Gasteiger partial charge in [-0.3, -0.25) is 0 Å². The van der Waals surface area contributed by atoms with Crippen molar-refractivity contribution >= 4 is 40.4 Å². The van der Waals surface area contributed by atoms with Crippen LogP contribution in [0.1, 0.15) is 11.1 Å². The Bertz CT molecular complexity index is 807. The average molecular weight is 372 g/mol. The lowest BCUT2D eigenvalue weighted by molar-refractivity contribution is 0.389. The molecule has 3 rings (SSSR count). The maximum Gasteiger partial charge on any atom is 0.173 e. The molecule has 1 aromatic carbocycles. The molecule has 0 atom stereocenters. The van der Waals surface area contributed by atoms with Gasteiger partial charge in [0, 0.05) is 32.4 Å². The first-order chi connectivity index (χ1) is 12.1. The Labute approximate surface area is 157 Å². The topological polar surface area (TPSA) is 55.2 Å². The second-order valence-electron chi connectivity index (χ2n) is 5.90. The highest BCUT2D eigenvalue weighted by Crippen LogP contribution is 2.23. The standard InChI is InChI=1S/C18H18ClN5S/c1-13-2-4-16(15(19)10-13)22-18(25)24-8-6-23(7-9-24)17-5-3-14(11-20)12-21-17/h2-5,10,12H,6-9H2,1H3,(H,22,25). The molecule has 0 radical (unpaired) electrons. The number of benzene rings is 1. The fourth-order valence-corrected chi connectivity index (χ4v) is 3.27. The fraction of sp³-hybridized carbons (Fsp3) is 0.278. The van der Waals surface area contributed by atoms with Crippen LogP contribution in [0.2, 0.25) is 5.02 Å². The molecular formula is C18H18ClN5S. The number of nitrogens with one attached hydrogen (secondary N) is 1. The van der Waals surface area contributed by atoms with Gasteiger partial charge in [0.05, 0.1) is 16.3 Å². The van der Waals surface area contributed by atoms with Crippen molar-refractivity contribution in [2.45, 2.75) is 6.92 Å². The first kappa shape index (κ1) is 17.5. The smallest absolute Gasteiger partial charge is 0.173 e. The monoisotopic (exact) mass is 371 g/mol. The molecule has 1 aromatic heterocycles. The second kappa shape index (κ2) is 7.68. The molecule has 1 aliphatic heterocycles. The van der Waals surface area contributed by atoms with E-state index in [0.717, 1.165) is 43.2 Å². The van der Waals surface area contributed by atoms with Gasteiger partial charge >= 0.3 is 0 Å². The number of anilines is 2. The lowest BCUT2D eigenvalue weighted by Gasteiger charge is -2.36. The highest BCUT2D eigenvalue weighted by molar-refractivity contribution is 7.80. The molecule has 25 heavy (non-hydrogen) atoms. The maximum absolute atomic E-state index is 8.85. The maximum atomic E-state index is 8.85. The third-order valence-electron chi connectivity index (χ3n) is 4.13. The molecule has 1 fully saturated rings. The summed E-state index contributed by atoms with van der Waals surface area (Å²) in [5.74, 6) is 0.888. The summed E-state index contributed by atoms with van der Waals surface area (Å²) in [7, 11) is 0. The largest absolute Gasteiger partial charge is 0.353 e. The Morgan fingerprint density at radius 2 is 2.00 bits per heavy atom. The lowest BCUT2D eigenvalue weighted by Crippen LogP contribution is -2.50. The zero-order valence-corrected chi connectivity index (χ0v) is 15.4. The highest BCUT2D eigenvalue weighted by Gasteiger charge is 2.20. The van der Waals surface area contributed by atoms with Crippen molar-refractivity contribution in [3.63, 3.8) is 0 Å². The first-order valence-electron chi connectivity index (χ1n) is 8.00. The molecular weight excluding hydrogens is 354 g/mol. The minimum atomic E-state index is 0.572. The van der Waals surface area contributed by atoms with Crippen molar-refractivity contribution < 1.29 is 0 Å². The van der Waals surface area contributed by atoms with E-state index < -0.39 is 0 Å². The summed E-state index contributed by atoms with van der Waals surface area (Å²) >= 11 is 11.8. The van der Waals surface area contributed by atoms with Crippen LogP contribution in [0.4, 0.5) is 11.5 Å². The lowest BCUT2D eigenvalue weighted by atomic mass is 10.2. The summed E-state index contributed by atoms with van der Waals surface area (Å²) in [6.45, 7) is 5.25. The average Bonchev–Trinajstić information content (AvgIpc) is 2.64. The Hall–Kier alpha value is -2.36. The van der Waals surface area contributed by atoms with Crippen molar-refractivity contribution in [2.75, 3.05) is 36.4 Å². The summed E-state index contributed by atoms with van der Waals surface area (Å²) in [4.78, 5) is 8.67. The van der Waals surface area contributed by atoms with Crippen LogP contribution in [0.15, 0.2) is 36.5 Å². The van der Waals surface area contributed by atoms with Crippen LogP contribution in [0, 0.1) is 18.3 Å². The number of nitrogens with zero attached hydrogens (tertiary/aromatic N) is 4. The van der Waals surface area contributed by atoms with E-state index in [9.17, 15) is 0 Å². The van der Waals surface area contributed by atoms with Crippen molar-refractivity contribution in [3.05, 3.63) is 52.7 Å². The number of nitriles is 1. The predicted molar refractivity (Wildman–Crippen MR) is 105 cm³/mol. The zero-order chi connectivity index (χ0) is 17.8. The minimum absolute atomic E-state index is 0.572. The van der Waals surface area contributed by atoms with Crippen LogP contribution in [0.3, 0.4) is 0 Å². The molecule has 2 aromatic rings. The number of hydrogen-bond acceptors (Lipinski definition) is 4. The molecule has 1 aliphatic rings. The molecule has 0 spiro atoms. The summed E-state index contributed by atoms with van der Waals surface area (Å²) < 4.78 is 0. The van der Waals surface area contributed by atoms with E-state index in [1.165, 1.54) is 0 Å². The van der Waals surface area contributed by atoms with Crippen LogP contribution < -0.4 is 10.2 Å². The molecule has 1 saturated heterocycles. The first-order valence-corrected chi connectivity index (χ1v) is 8.78. The zero-order valence-electron chi connectivity index (χ0n) is 13.9. The van der Waals surface area contributed by atoms with Crippen LogP contribution >= 0.6 is 23.8 Å². The summed E-state index contributed by atoms with van der Waals surface area (Å²) in [5, 5.41) is 13.4. The van der Waals surface area contributed by atoms with Gasteiger partial charge in [-0.25, -0.2) is 4.98 Å². The summed E-state index contributed by atoms with van der Waals surface area (Å²) in [5.41, 5.74) is 2.51. The van der Waals surface area contributed by atoms with E-state index in [2.05, 4.69) is 26.2 Å². The normalized spacial score (nSPS) is 14.1. The number of halogens is 1. The van der Waals surface area contributed by atoms with Gasteiger partial charge in [0.15, 0.2) is 5.11 Å². The van der Waals surface area contributed by atoms with E-state index in [-0.39, 0.29) is 0 Å². The molecule has 0 unspecified atom stereocenters. The third kappa shape index (κ3) is 4.19. The number of hydrogen-bond donors (Lipinski definition) is 1.